The van der Waals surface area contributed by atoms with Crippen LogP contribution in [-0.4, -0.2) is 40.5 Å². The lowest BCUT2D eigenvalue weighted by Crippen LogP contribution is -2.74. The van der Waals surface area contributed by atoms with Gasteiger partial charge in [-0.2, -0.15) is 26.3 Å². The summed E-state index contributed by atoms with van der Waals surface area (Å²) in [6, 6.07) is 2.51. The molecule has 1 aromatic carbocycles. The molecule has 0 saturated carbocycles. The second kappa shape index (κ2) is 6.64. The van der Waals surface area contributed by atoms with Crippen LogP contribution < -0.4 is 10.4 Å². The molecular weight excluding hydrogens is 364 g/mol. The minimum Gasteiger partial charge on any atom is -0.530 e. The van der Waals surface area contributed by atoms with Crippen molar-refractivity contribution < 1.29 is 41.2 Å². The molecule has 25 heavy (non-hydrogen) atoms. The summed E-state index contributed by atoms with van der Waals surface area (Å²) >= 11 is 0. The highest BCUT2D eigenvalue weighted by molar-refractivity contribution is 5.66. The molecule has 0 unspecified atom stereocenters. The quantitative estimate of drug-likeness (QED) is 0.370. The summed E-state index contributed by atoms with van der Waals surface area (Å²) in [5.41, 5.74) is -6.41. The van der Waals surface area contributed by atoms with Gasteiger partial charge in [-0.1, -0.05) is 0 Å². The summed E-state index contributed by atoms with van der Waals surface area (Å²) in [4.78, 5) is 19.5. The van der Waals surface area contributed by atoms with Crippen LogP contribution in [-0.2, 0) is 0 Å². The van der Waals surface area contributed by atoms with Crippen molar-refractivity contribution >= 4 is 17.5 Å². The number of nitrogens with zero attached hydrogens (tertiary/aromatic N) is 2. The Morgan fingerprint density at radius 2 is 1.56 bits per heavy atom. The van der Waals surface area contributed by atoms with Gasteiger partial charge in [-0.05, 0) is 19.1 Å². The topological polar surface area (TPSA) is 98.5 Å². The van der Waals surface area contributed by atoms with Crippen molar-refractivity contribution in [2.45, 2.75) is 24.9 Å². The molecular formula is C12H10F6N3O4-. The van der Waals surface area contributed by atoms with Crippen LogP contribution in [0.15, 0.2) is 24.3 Å². The fourth-order valence-electron chi connectivity index (χ4n) is 2.05. The summed E-state index contributed by atoms with van der Waals surface area (Å²) < 4.78 is 80.0. The molecule has 0 aliphatic rings. The minimum atomic E-state index is -6.12. The molecule has 13 heteroatoms. The van der Waals surface area contributed by atoms with E-state index < -0.39 is 51.9 Å². The second-order valence-electron chi connectivity index (χ2n) is 4.65. The van der Waals surface area contributed by atoms with Crippen molar-refractivity contribution in [3.63, 3.8) is 0 Å². The third-order valence-electron chi connectivity index (χ3n) is 3.17. The van der Waals surface area contributed by atoms with E-state index in [1.165, 1.54) is 0 Å². The van der Waals surface area contributed by atoms with Gasteiger partial charge < -0.3 is 20.1 Å². The molecule has 0 aliphatic carbocycles. The molecule has 0 saturated heterocycles. The predicted octanol–water partition coefficient (Wildman–Crippen LogP) is 2.49. The van der Waals surface area contributed by atoms with E-state index in [0.29, 0.717) is 24.3 Å². The van der Waals surface area contributed by atoms with Crippen molar-refractivity contribution in [2.75, 3.05) is 11.9 Å². The molecule has 0 bridgehead atoms. The maximum absolute atomic E-state index is 13.3. The van der Waals surface area contributed by atoms with Crippen LogP contribution in [0.5, 0.6) is 0 Å². The van der Waals surface area contributed by atoms with Gasteiger partial charge in [-0.15, -0.1) is 0 Å². The summed E-state index contributed by atoms with van der Waals surface area (Å²) in [6.07, 6.45) is -14.9. The third kappa shape index (κ3) is 3.69. The van der Waals surface area contributed by atoms with E-state index >= 15 is 0 Å². The molecule has 0 spiro atoms. The van der Waals surface area contributed by atoms with Crippen LogP contribution in [0.2, 0.25) is 0 Å². The first-order valence-corrected chi connectivity index (χ1v) is 6.42. The van der Waals surface area contributed by atoms with Gasteiger partial charge in [-0.3, -0.25) is 10.1 Å². The number of anilines is 1. The molecule has 140 valence electrons. The first-order chi connectivity index (χ1) is 11.3. The van der Waals surface area contributed by atoms with Gasteiger partial charge in [0.2, 0.25) is 0 Å². The van der Waals surface area contributed by atoms with Crippen LogP contribution in [0.1, 0.15) is 6.92 Å². The highest BCUT2D eigenvalue weighted by Gasteiger charge is 2.74. The number of halogens is 6. The van der Waals surface area contributed by atoms with Crippen molar-refractivity contribution in [1.29, 1.82) is 0 Å². The zero-order chi connectivity index (χ0) is 19.6. The first-order valence-electron chi connectivity index (χ1n) is 6.42. The smallest absolute Gasteiger partial charge is 0.439 e. The highest BCUT2D eigenvalue weighted by Crippen LogP contribution is 2.47. The molecule has 0 aromatic heterocycles. The summed E-state index contributed by atoms with van der Waals surface area (Å²) in [7, 11) is 0. The highest BCUT2D eigenvalue weighted by atomic mass is 19.4. The number of hydrogen-bond donors (Lipinski definition) is 1. The lowest BCUT2D eigenvalue weighted by atomic mass is 10.1. The van der Waals surface area contributed by atoms with E-state index in [2.05, 4.69) is 0 Å². The number of nitro benzene ring substituents is 1. The maximum atomic E-state index is 13.3. The number of rotatable bonds is 5. The SMILES string of the molecule is CCN(C(=O)[O-])C(Nc1ccc([N+](=O)[O-])cc1)(C(F)(F)F)C(F)(F)F. The van der Waals surface area contributed by atoms with Crippen molar-refractivity contribution in [3.8, 4) is 0 Å². The fraction of sp³-hybridized carbons (Fsp3) is 0.417. The number of amides is 1. The summed E-state index contributed by atoms with van der Waals surface area (Å²) in [5, 5.41) is 22.5. The van der Waals surface area contributed by atoms with Crippen molar-refractivity contribution in [3.05, 3.63) is 34.4 Å². The molecule has 0 radical (unpaired) electrons. The Labute approximate surface area is 136 Å². The van der Waals surface area contributed by atoms with Gasteiger partial charge >= 0.3 is 18.0 Å². The van der Waals surface area contributed by atoms with E-state index in [1.807, 2.05) is 0 Å². The van der Waals surface area contributed by atoms with Crippen molar-refractivity contribution in [1.82, 2.24) is 4.90 Å². The van der Waals surface area contributed by atoms with Gasteiger partial charge in [0.15, 0.2) is 0 Å². The number of nitrogens with one attached hydrogen (secondary N) is 1. The molecule has 0 heterocycles. The Hall–Kier alpha value is -2.73. The molecule has 1 amide bonds. The van der Waals surface area contributed by atoms with Gasteiger partial charge in [-0.25, -0.2) is 0 Å². The lowest BCUT2D eigenvalue weighted by Gasteiger charge is -2.47. The Morgan fingerprint density at radius 1 is 1.12 bits per heavy atom. The standard InChI is InChI=1S/C12H11F6N3O4/c1-2-20(9(22)23)10(11(13,14)15,12(16,17)18)19-7-3-5-8(6-4-7)21(24)25/h3-6,19H,2H2,1H3,(H,22,23)/p-1. The monoisotopic (exact) mass is 374 g/mol. The zero-order valence-corrected chi connectivity index (χ0v) is 12.3. The van der Waals surface area contributed by atoms with Gasteiger partial charge in [0.1, 0.15) is 6.09 Å². The number of carbonyl (C=O) groups excluding carboxylic acids is 1. The fourth-order valence-corrected chi connectivity index (χ4v) is 2.05. The number of carboxylic acid groups (broad SMARTS) is 1. The number of hydrogen-bond acceptors (Lipinski definition) is 5. The average molecular weight is 374 g/mol. The average Bonchev–Trinajstić information content (AvgIpc) is 2.44. The summed E-state index contributed by atoms with van der Waals surface area (Å²) in [5.74, 6) is 0. The first kappa shape index (κ1) is 20.3. The maximum Gasteiger partial charge on any atom is 0.439 e. The van der Waals surface area contributed by atoms with E-state index in [1.54, 1.807) is 0 Å². The van der Waals surface area contributed by atoms with Gasteiger partial charge in [0, 0.05) is 24.4 Å². The molecule has 0 aliphatic heterocycles. The minimum absolute atomic E-state index is 0.581. The number of alkyl halides is 6. The third-order valence-corrected chi connectivity index (χ3v) is 3.17. The predicted molar refractivity (Wildman–Crippen MR) is 69.3 cm³/mol. The van der Waals surface area contributed by atoms with Crippen LogP contribution in [0, 0.1) is 10.1 Å². The molecule has 7 nitrogen and oxygen atoms in total. The van der Waals surface area contributed by atoms with E-state index in [0.717, 1.165) is 12.2 Å². The Balaban J connectivity index is 3.54. The van der Waals surface area contributed by atoms with Crippen LogP contribution in [0.3, 0.4) is 0 Å². The number of non-ortho nitro benzene ring substituents is 1. The zero-order valence-electron chi connectivity index (χ0n) is 12.3. The van der Waals surface area contributed by atoms with E-state index in [-0.39, 0.29) is 0 Å². The normalized spacial score (nSPS) is 12.6. The lowest BCUT2D eigenvalue weighted by molar-refractivity contribution is -0.384. The van der Waals surface area contributed by atoms with Crippen LogP contribution >= 0.6 is 0 Å². The number of benzene rings is 1. The van der Waals surface area contributed by atoms with Crippen LogP contribution in [0.4, 0.5) is 42.5 Å². The Kier molecular flexibility index (Phi) is 5.40. The summed E-state index contributed by atoms with van der Waals surface area (Å²) in [6.45, 7) is -0.430. The molecule has 1 N–H and O–H groups in total. The Morgan fingerprint density at radius 3 is 1.84 bits per heavy atom. The van der Waals surface area contributed by atoms with Crippen molar-refractivity contribution in [2.24, 2.45) is 0 Å². The molecule has 0 atom stereocenters. The number of carbonyl (C=O) groups is 1. The molecule has 1 rings (SSSR count). The Bertz CT molecular complexity index is 630. The molecule has 0 fully saturated rings. The second-order valence-corrected chi connectivity index (χ2v) is 4.65. The molecule has 1 aromatic rings. The van der Waals surface area contributed by atoms with Crippen LogP contribution in [0.25, 0.3) is 0 Å². The largest absolute Gasteiger partial charge is 0.530 e. The van der Waals surface area contributed by atoms with Gasteiger partial charge in [0.25, 0.3) is 5.69 Å². The van der Waals surface area contributed by atoms with E-state index in [4.69, 9.17) is 0 Å². The number of nitro groups is 1. The van der Waals surface area contributed by atoms with E-state index in [9.17, 15) is 46.4 Å². The van der Waals surface area contributed by atoms with Gasteiger partial charge in [0.05, 0.1) is 4.92 Å².